The average molecular weight is 1330 g/mol. The van der Waals surface area contributed by atoms with Gasteiger partial charge in [0, 0.05) is 23.7 Å². The summed E-state index contributed by atoms with van der Waals surface area (Å²) in [6.07, 6.45) is -8.11. The number of hydrogen-bond acceptors (Lipinski definition) is 17. The van der Waals surface area contributed by atoms with E-state index in [9.17, 15) is 53.6 Å². The van der Waals surface area contributed by atoms with E-state index in [4.69, 9.17) is 62.3 Å². The molecule has 9 rings (SSSR count). The highest BCUT2D eigenvalue weighted by molar-refractivity contribution is 5.71. The van der Waals surface area contributed by atoms with Gasteiger partial charge in [-0.1, -0.05) is 7.43 Å². The molecule has 31 heteroatoms. The van der Waals surface area contributed by atoms with Gasteiger partial charge >= 0.3 is 0 Å². The second-order valence-corrected chi connectivity index (χ2v) is 22.7. The predicted molar refractivity (Wildman–Crippen MR) is 301 cm³/mol. The van der Waals surface area contributed by atoms with Gasteiger partial charge in [-0.05, 0) is 69.4 Å². The van der Waals surface area contributed by atoms with Gasteiger partial charge in [0.05, 0.1) is 105 Å². The molecule has 0 aliphatic carbocycles. The lowest BCUT2D eigenvalue weighted by atomic mass is 9.79. The zero-order chi connectivity index (χ0) is 66.0. The number of aliphatic hydroxyl groups excluding tert-OH is 7. The number of nitriles is 4. The monoisotopic (exact) mass is 1330 g/mol. The standard InChI is InChI=1S/C35H39F3N5O6.C10H18O5.C8F4N2.C5H14NO.CH4.2ClH.FH.H3N/c1-17-21(13-39)29(38)26(31(42-4)28(17)37)20-9-8-19(12-23-32(45)33(46)34(48-16-20)24(15-44)49-23)25-22(14-40)27(36)18(2)30(41-3)35(25)47-11-10-43(5,6)7;11-5-7-10-9(13)8(12)6(15-7)3-1-2-4-14-10;9-5-3(1-13)6(10)8(12)4(2-14)7(5)11;1-6(2,3)4-5-7;;;;;/h19-20,23-24,32-34,44-46H,8-12,15-16H2,1-2,5-7H3;6-13H,1-5H2;;7H,4-5H2,1-3H3;1H4;3*1H;1H3/q+1;;;+1;;;;;/p-2/t19?,20?,23-,24+,32+,33+,34+;6-,7+,8+,9+,10+;;;;;;;/m00......./s1/i/hT. The van der Waals surface area contributed by atoms with Crippen LogP contribution in [0, 0.1) is 113 Å². The number of nitrogens with zero attached hydrogens (tertiary/aromatic N) is 8. The lowest BCUT2D eigenvalue weighted by Gasteiger charge is -2.43. The van der Waals surface area contributed by atoms with Crippen molar-refractivity contribution in [1.29, 1.82) is 22.5 Å². The highest BCUT2D eigenvalue weighted by Crippen LogP contribution is 2.49. The predicted octanol–water partition coefficient (Wildman–Crippen LogP) is 0.236. The van der Waals surface area contributed by atoms with Crippen LogP contribution in [0.1, 0.15) is 102 Å². The summed E-state index contributed by atoms with van der Waals surface area (Å²) in [5, 5.41) is 106. The van der Waals surface area contributed by atoms with Gasteiger partial charge in [-0.25, -0.2) is 40.4 Å². The molecule has 3 aromatic carbocycles. The molecule has 0 amide bonds. The molecule has 0 spiro atoms. The Morgan fingerprint density at radius 2 is 1.04 bits per heavy atom. The van der Waals surface area contributed by atoms with Crippen molar-refractivity contribution >= 4 is 11.4 Å². The Hall–Kier alpha value is -6.14. The van der Waals surface area contributed by atoms with Crippen molar-refractivity contribution in [3.63, 3.8) is 0 Å². The molecule has 21 nitrogen and oxygen atoms in total. The summed E-state index contributed by atoms with van der Waals surface area (Å²) in [5.41, 5.74) is -5.46. The fourth-order valence-electron chi connectivity index (χ4n) is 10.0. The first-order valence-corrected chi connectivity index (χ1v) is 26.9. The van der Waals surface area contributed by atoms with Crippen LogP contribution in [0.2, 0.25) is 0 Å². The summed E-state index contributed by atoms with van der Waals surface area (Å²) >= 11 is 0. The van der Waals surface area contributed by atoms with E-state index in [-0.39, 0.29) is 112 Å². The van der Waals surface area contributed by atoms with Crippen LogP contribution in [0.4, 0.5) is 46.8 Å². The molecule has 0 aromatic heterocycles. The molecule has 90 heavy (non-hydrogen) atoms. The second-order valence-electron chi connectivity index (χ2n) is 22.7. The Morgan fingerprint density at radius 1 is 0.589 bits per heavy atom. The van der Waals surface area contributed by atoms with E-state index in [0.717, 1.165) is 36.0 Å². The number of likely N-dealkylation sites (N-methyl/N-ethyl adjacent to an activating group) is 2. The molecule has 3 aromatic rings. The Balaban J connectivity index is 0. The van der Waals surface area contributed by atoms with Crippen molar-refractivity contribution in [2.24, 2.45) is 0 Å². The molecule has 6 saturated heterocycles. The number of fused-ring (bicyclic) bond motifs is 14. The molecule has 10 N–H and O–H groups in total. The molecule has 0 radical (unpaired) electrons. The van der Waals surface area contributed by atoms with Crippen LogP contribution in [0.15, 0.2) is 0 Å². The molecule has 2 unspecified atom stereocenters. The van der Waals surface area contributed by atoms with Gasteiger partial charge in [-0.2, -0.15) is 21.0 Å². The lowest BCUT2D eigenvalue weighted by molar-refractivity contribution is -0.870. The topological polar surface area (TPSA) is 327 Å². The maximum Gasteiger partial charge on any atom is 0.269 e. The van der Waals surface area contributed by atoms with Gasteiger partial charge in [0.15, 0.2) is 23.3 Å². The van der Waals surface area contributed by atoms with Crippen molar-refractivity contribution in [1.82, 2.24) is 6.15 Å². The first kappa shape index (κ1) is 83.9. The average Bonchev–Trinajstić information content (AvgIpc) is 1.60. The summed E-state index contributed by atoms with van der Waals surface area (Å²) in [6.45, 7) is 19.0. The number of ether oxygens (including phenoxy) is 5. The summed E-state index contributed by atoms with van der Waals surface area (Å²) in [5.74, 6) is -12.7. The van der Waals surface area contributed by atoms with Crippen LogP contribution in [-0.4, -0.2) is 202 Å². The lowest BCUT2D eigenvalue weighted by Crippen LogP contribution is -3.00. The minimum atomic E-state index is -1.86. The molecule has 6 fully saturated rings. The van der Waals surface area contributed by atoms with Crippen LogP contribution in [0.5, 0.6) is 5.75 Å². The normalized spacial score (nSPS) is 24.3. The van der Waals surface area contributed by atoms with Gasteiger partial charge in [-0.3, -0.25) is 4.72 Å². The number of benzene rings is 3. The fraction of sp³-hybridized carbons (Fsp3) is 0.593. The number of halogens is 10. The SMILES string of the molecule is C.C[N+](C)(C)CCO.N.N#Cc1c(F)c(F)c(C#N)c(F)c1F.OC[C@H]1O[C@H]2CCCCO[C@H]1[C@H](O)[C@@H]2O.[3H]F.[C-]#[N+]c1c(C)c(F)c(C#N)c(C2CCC(c3c(F)c(C#N)c(C)c(F)c3[N+]#[C-])CO[C@H]3[C@H](O)[C@H](O)[C@H](C2)O[C@@H]3CO)c1OCC[N+](C)(C)C.[Cl-].[Cl-]. The smallest absolute Gasteiger partial charge is 0.269 e. The first-order valence-electron chi connectivity index (χ1n) is 27.3. The number of hydrogen-bond donors (Lipinski definition) is 8. The van der Waals surface area contributed by atoms with Crippen LogP contribution in [0.25, 0.3) is 9.69 Å². The molecule has 6 aliphatic heterocycles. The number of rotatable bonds is 10. The van der Waals surface area contributed by atoms with Gasteiger partial charge in [0.2, 0.25) is 11.4 Å². The van der Waals surface area contributed by atoms with Gasteiger partial charge in [0.1, 0.15) is 127 Å². The Kier molecular flexibility index (Phi) is 35.4. The Labute approximate surface area is 532 Å². The minimum absolute atomic E-state index is 0. The summed E-state index contributed by atoms with van der Waals surface area (Å²) in [6, 6.07) is 5.46. The Bertz CT molecular complexity index is 3060. The molecular weight excluding hydrogens is 1250 g/mol. The summed E-state index contributed by atoms with van der Waals surface area (Å²) in [7, 11) is 11.9. The van der Waals surface area contributed by atoms with Crippen molar-refractivity contribution in [2.45, 2.75) is 133 Å². The summed E-state index contributed by atoms with van der Waals surface area (Å²) < 4.78 is 142. The van der Waals surface area contributed by atoms with Gasteiger partial charge < -0.3 is 99.4 Å². The van der Waals surface area contributed by atoms with Crippen molar-refractivity contribution in [3.05, 3.63) is 108 Å². The summed E-state index contributed by atoms with van der Waals surface area (Å²) in [4.78, 5) is 6.79. The number of aliphatic hydroxyl groups is 7. The third kappa shape index (κ3) is 20.2. The molecule has 6 aliphatic rings. The molecule has 12 atom stereocenters. The van der Waals surface area contributed by atoms with E-state index < -0.39 is 154 Å². The second kappa shape index (κ2) is 38.0. The first-order chi connectivity index (χ1) is 41.0. The highest BCUT2D eigenvalue weighted by atomic mass is 35.5. The van der Waals surface area contributed by atoms with E-state index in [2.05, 4.69) is 32.3 Å². The van der Waals surface area contributed by atoms with Crippen LogP contribution in [0.3, 0.4) is 0 Å². The minimum Gasteiger partial charge on any atom is -1.00 e. The molecule has 4 bridgehead atoms. The maximum absolute atomic E-state index is 16.1. The van der Waals surface area contributed by atoms with Crippen LogP contribution < -0.4 is 35.7 Å². The van der Waals surface area contributed by atoms with E-state index in [1.807, 2.05) is 27.2 Å². The molecule has 502 valence electrons. The van der Waals surface area contributed by atoms with Gasteiger partial charge in [-0.15, -0.1) is 0 Å². The van der Waals surface area contributed by atoms with Crippen LogP contribution >= 0.6 is 0 Å². The van der Waals surface area contributed by atoms with Crippen molar-refractivity contribution in [2.75, 3.05) is 95.0 Å². The van der Waals surface area contributed by atoms with E-state index in [1.165, 1.54) is 13.8 Å². The third-order valence-corrected chi connectivity index (χ3v) is 14.8. The van der Waals surface area contributed by atoms with Crippen molar-refractivity contribution in [3.8, 4) is 30.0 Å². The van der Waals surface area contributed by atoms with E-state index >= 15 is 13.2 Å². The number of quaternary nitrogens is 2. The highest BCUT2D eigenvalue weighted by Gasteiger charge is 2.48. The third-order valence-electron chi connectivity index (χ3n) is 14.8. The molecule has 6 heterocycles. The zero-order valence-corrected chi connectivity index (χ0v) is 51.6. The van der Waals surface area contributed by atoms with Gasteiger partial charge in [0.25, 0.3) is 1.45 Å². The van der Waals surface area contributed by atoms with Crippen molar-refractivity contribution < 1.29 is 129 Å². The van der Waals surface area contributed by atoms with E-state index in [1.54, 1.807) is 6.07 Å². The Morgan fingerprint density at radius 3 is 1.48 bits per heavy atom. The largest absolute Gasteiger partial charge is 1.00 e. The zero-order valence-electron chi connectivity index (χ0n) is 51.1. The fourth-order valence-corrected chi connectivity index (χ4v) is 10.0. The molecule has 0 saturated carbocycles. The maximum atomic E-state index is 16.1. The quantitative estimate of drug-likeness (QED) is 0.0583. The molecular formula is C59H79Cl2F8N9O12. The van der Waals surface area contributed by atoms with Crippen LogP contribution in [-0.2, 0) is 18.9 Å². The van der Waals surface area contributed by atoms with E-state index in [0.29, 0.717) is 24.1 Å².